The summed E-state index contributed by atoms with van der Waals surface area (Å²) < 4.78 is 0.964. The minimum Gasteiger partial charge on any atom is -0.352 e. The van der Waals surface area contributed by atoms with Crippen LogP contribution in [0.1, 0.15) is 37.0 Å². The van der Waals surface area contributed by atoms with Crippen LogP contribution in [0.3, 0.4) is 0 Å². The fourth-order valence-corrected chi connectivity index (χ4v) is 4.05. The first-order valence-electron chi connectivity index (χ1n) is 11.5. The van der Waals surface area contributed by atoms with Gasteiger partial charge in [-0.1, -0.05) is 89.1 Å². The maximum Gasteiger partial charge on any atom is 0.243 e. The second-order valence-electron chi connectivity index (χ2n) is 8.47. The van der Waals surface area contributed by atoms with E-state index in [0.717, 1.165) is 27.6 Å². The molecule has 3 aromatic rings. The molecule has 3 aromatic carbocycles. The van der Waals surface area contributed by atoms with Crippen molar-refractivity contribution in [3.05, 3.63) is 105 Å². The third kappa shape index (κ3) is 7.71. The van der Waals surface area contributed by atoms with Crippen molar-refractivity contribution < 1.29 is 9.59 Å². The molecule has 3 rings (SSSR count). The number of carbonyl (C=O) groups excluding carboxylic acids is 2. The Labute approximate surface area is 215 Å². The van der Waals surface area contributed by atoms with Crippen LogP contribution in [0.15, 0.2) is 83.3 Å². The number of rotatable bonds is 10. The summed E-state index contributed by atoms with van der Waals surface area (Å²) in [5.41, 5.74) is 2.82. The van der Waals surface area contributed by atoms with Gasteiger partial charge in [-0.05, 0) is 54.3 Å². The number of hydrogen-bond donors (Lipinski definition) is 1. The molecule has 0 spiro atoms. The summed E-state index contributed by atoms with van der Waals surface area (Å²) in [6, 6.07) is 24.3. The lowest BCUT2D eigenvalue weighted by Gasteiger charge is -2.32. The average Bonchev–Trinajstić information content (AvgIpc) is 2.84. The van der Waals surface area contributed by atoms with E-state index in [4.69, 9.17) is 11.6 Å². The van der Waals surface area contributed by atoms with Crippen LogP contribution in [0.2, 0.25) is 5.02 Å². The third-order valence-electron chi connectivity index (χ3n) is 5.81. The summed E-state index contributed by atoms with van der Waals surface area (Å²) in [5.74, 6) is -0.245. The van der Waals surface area contributed by atoms with Gasteiger partial charge < -0.3 is 10.2 Å². The van der Waals surface area contributed by atoms with Crippen molar-refractivity contribution >= 4 is 39.3 Å². The molecule has 0 aromatic heterocycles. The number of benzene rings is 3. The number of halogens is 2. The van der Waals surface area contributed by atoms with Crippen LogP contribution in [0.25, 0.3) is 0 Å². The van der Waals surface area contributed by atoms with Crippen LogP contribution in [0.5, 0.6) is 0 Å². The second-order valence-corrected chi connectivity index (χ2v) is 9.83. The summed E-state index contributed by atoms with van der Waals surface area (Å²) in [6.07, 6.45) is 1.44. The Kier molecular flexibility index (Phi) is 9.73. The minimum absolute atomic E-state index is 0.0201. The fourth-order valence-electron chi connectivity index (χ4n) is 3.66. The van der Waals surface area contributed by atoms with Crippen molar-refractivity contribution in [2.75, 3.05) is 0 Å². The van der Waals surface area contributed by atoms with Gasteiger partial charge in [-0.25, -0.2) is 0 Å². The first kappa shape index (κ1) is 26.0. The monoisotopic (exact) mass is 540 g/mol. The Morgan fingerprint density at radius 3 is 2.15 bits per heavy atom. The van der Waals surface area contributed by atoms with E-state index < -0.39 is 6.04 Å². The van der Waals surface area contributed by atoms with E-state index in [1.165, 1.54) is 0 Å². The van der Waals surface area contributed by atoms with Crippen LogP contribution in [0, 0.1) is 0 Å². The highest BCUT2D eigenvalue weighted by atomic mass is 79.9. The summed E-state index contributed by atoms with van der Waals surface area (Å²) in [4.78, 5) is 28.8. The first-order valence-corrected chi connectivity index (χ1v) is 12.7. The number of hydrogen-bond acceptors (Lipinski definition) is 2. The van der Waals surface area contributed by atoms with Gasteiger partial charge in [0.05, 0.1) is 6.42 Å². The van der Waals surface area contributed by atoms with Crippen molar-refractivity contribution in [3.8, 4) is 0 Å². The molecule has 2 atom stereocenters. The van der Waals surface area contributed by atoms with Gasteiger partial charge in [0.15, 0.2) is 0 Å². The van der Waals surface area contributed by atoms with Gasteiger partial charge in [0.2, 0.25) is 11.8 Å². The largest absolute Gasteiger partial charge is 0.352 e. The van der Waals surface area contributed by atoms with E-state index in [9.17, 15) is 9.59 Å². The summed E-state index contributed by atoms with van der Waals surface area (Å²) in [5, 5.41) is 3.72. The fraction of sp³-hybridized carbons (Fsp3) is 0.286. The molecule has 0 radical (unpaired) electrons. The van der Waals surface area contributed by atoms with Crippen LogP contribution >= 0.6 is 27.5 Å². The first-order chi connectivity index (χ1) is 16.4. The predicted octanol–water partition coefficient (Wildman–Crippen LogP) is 6.20. The van der Waals surface area contributed by atoms with Crippen molar-refractivity contribution in [2.45, 2.75) is 51.7 Å². The Bertz CT molecular complexity index is 1070. The van der Waals surface area contributed by atoms with Crippen molar-refractivity contribution in [2.24, 2.45) is 0 Å². The third-order valence-corrected chi connectivity index (χ3v) is 6.59. The predicted molar refractivity (Wildman–Crippen MR) is 142 cm³/mol. The SMILES string of the molecule is CC[C@H](C)NC(=O)[C@@H](Cc1ccccc1)N(Cc1ccc(Br)cc1)C(=O)Cc1ccc(Cl)cc1. The zero-order chi connectivity index (χ0) is 24.5. The van der Waals surface area contributed by atoms with E-state index >= 15 is 0 Å². The van der Waals surface area contributed by atoms with Crippen molar-refractivity contribution in [1.82, 2.24) is 10.2 Å². The van der Waals surface area contributed by atoms with E-state index in [0.29, 0.717) is 18.0 Å². The highest BCUT2D eigenvalue weighted by molar-refractivity contribution is 9.10. The number of nitrogens with one attached hydrogen (secondary N) is 1. The Morgan fingerprint density at radius 2 is 1.53 bits per heavy atom. The number of nitrogens with zero attached hydrogens (tertiary/aromatic N) is 1. The molecule has 0 heterocycles. The van der Waals surface area contributed by atoms with Crippen LogP contribution < -0.4 is 5.32 Å². The standard InChI is InChI=1S/C28H30BrClN2O2/c1-3-20(2)31-28(34)26(17-21-7-5-4-6-8-21)32(19-23-9-13-24(29)14-10-23)27(33)18-22-11-15-25(30)16-12-22/h4-16,20,26H,3,17-19H2,1-2H3,(H,31,34)/t20-,26+/m0/s1. The topological polar surface area (TPSA) is 49.4 Å². The lowest BCUT2D eigenvalue weighted by atomic mass is 10.0. The Hall–Kier alpha value is -2.63. The maximum atomic E-state index is 13.7. The van der Waals surface area contributed by atoms with E-state index in [1.807, 2.05) is 80.6 Å². The average molecular weight is 542 g/mol. The van der Waals surface area contributed by atoms with E-state index in [1.54, 1.807) is 17.0 Å². The van der Waals surface area contributed by atoms with Crippen LogP contribution in [0.4, 0.5) is 0 Å². The molecule has 0 fully saturated rings. The van der Waals surface area contributed by atoms with Gasteiger partial charge in [0.1, 0.15) is 6.04 Å². The summed E-state index contributed by atoms with van der Waals surface area (Å²) >= 11 is 9.49. The molecule has 0 aliphatic rings. The molecule has 2 amide bonds. The molecule has 0 saturated carbocycles. The molecular weight excluding hydrogens is 512 g/mol. The Balaban J connectivity index is 1.95. The van der Waals surface area contributed by atoms with Gasteiger partial charge in [-0.3, -0.25) is 9.59 Å². The normalized spacial score (nSPS) is 12.6. The van der Waals surface area contributed by atoms with Crippen molar-refractivity contribution in [1.29, 1.82) is 0 Å². The molecular formula is C28H30BrClN2O2. The summed E-state index contributed by atoms with van der Waals surface area (Å²) in [6.45, 7) is 4.35. The second kappa shape index (κ2) is 12.7. The van der Waals surface area contributed by atoms with E-state index in [2.05, 4.69) is 21.2 Å². The molecule has 34 heavy (non-hydrogen) atoms. The molecule has 178 valence electrons. The maximum absolute atomic E-state index is 13.7. The lowest BCUT2D eigenvalue weighted by molar-refractivity contribution is -0.141. The molecule has 6 heteroatoms. The van der Waals surface area contributed by atoms with Crippen LogP contribution in [-0.2, 0) is 29.0 Å². The summed E-state index contributed by atoms with van der Waals surface area (Å²) in [7, 11) is 0. The molecule has 0 aliphatic heterocycles. The molecule has 1 N–H and O–H groups in total. The Morgan fingerprint density at radius 1 is 0.912 bits per heavy atom. The van der Waals surface area contributed by atoms with Gasteiger partial charge >= 0.3 is 0 Å². The van der Waals surface area contributed by atoms with Gasteiger partial charge in [0.25, 0.3) is 0 Å². The quantitative estimate of drug-likeness (QED) is 0.332. The minimum atomic E-state index is -0.639. The zero-order valence-electron chi connectivity index (χ0n) is 19.5. The zero-order valence-corrected chi connectivity index (χ0v) is 21.9. The molecule has 0 saturated heterocycles. The molecule has 0 bridgehead atoms. The van der Waals surface area contributed by atoms with E-state index in [-0.39, 0.29) is 24.3 Å². The van der Waals surface area contributed by atoms with Crippen LogP contribution in [-0.4, -0.2) is 28.8 Å². The molecule has 0 aliphatic carbocycles. The van der Waals surface area contributed by atoms with Gasteiger partial charge in [0, 0.05) is 28.5 Å². The number of amides is 2. The highest BCUT2D eigenvalue weighted by Crippen LogP contribution is 2.19. The number of carbonyl (C=O) groups is 2. The molecule has 0 unspecified atom stereocenters. The van der Waals surface area contributed by atoms with Gasteiger partial charge in [-0.2, -0.15) is 0 Å². The highest BCUT2D eigenvalue weighted by Gasteiger charge is 2.31. The van der Waals surface area contributed by atoms with Crippen molar-refractivity contribution in [3.63, 3.8) is 0 Å². The smallest absolute Gasteiger partial charge is 0.243 e. The molecule has 4 nitrogen and oxygen atoms in total. The lowest BCUT2D eigenvalue weighted by Crippen LogP contribution is -2.52. The van der Waals surface area contributed by atoms with Gasteiger partial charge in [-0.15, -0.1) is 0 Å².